The summed E-state index contributed by atoms with van der Waals surface area (Å²) < 4.78 is 26.6. The number of carbonyl (C=O) groups is 1. The normalized spacial score (nSPS) is 11.0. The summed E-state index contributed by atoms with van der Waals surface area (Å²) in [5, 5.41) is 20.5. The molecule has 0 heterocycles. The van der Waals surface area contributed by atoms with Crippen molar-refractivity contribution >= 4 is 15.9 Å². The summed E-state index contributed by atoms with van der Waals surface area (Å²) >= 11 is 0. The molecule has 164 valence electrons. The monoisotopic (exact) mass is 449 g/mol. The van der Waals surface area contributed by atoms with Gasteiger partial charge in [0.15, 0.2) is 0 Å². The third-order valence-electron chi connectivity index (χ3n) is 4.77. The van der Waals surface area contributed by atoms with E-state index in [1.807, 2.05) is 36.4 Å². The second-order valence-electron chi connectivity index (χ2n) is 7.11. The van der Waals surface area contributed by atoms with Crippen molar-refractivity contribution in [3.8, 4) is 17.2 Å². The molecule has 0 aromatic heterocycles. The van der Waals surface area contributed by atoms with Gasteiger partial charge in [0, 0.05) is 13.1 Å². The van der Waals surface area contributed by atoms with Gasteiger partial charge in [0.05, 0.1) is 29.6 Å². The average Bonchev–Trinajstić information content (AvgIpc) is 2.82. The van der Waals surface area contributed by atoms with Crippen LogP contribution in [0.1, 0.15) is 16.7 Å². The number of benzene rings is 3. The van der Waals surface area contributed by atoms with E-state index in [0.717, 1.165) is 22.3 Å². The highest BCUT2D eigenvalue weighted by Gasteiger charge is 2.13. The highest BCUT2D eigenvalue weighted by molar-refractivity contribution is 7.89. The summed E-state index contributed by atoms with van der Waals surface area (Å²) in [6.45, 7) is 0.0645. The summed E-state index contributed by atoms with van der Waals surface area (Å²) in [7, 11) is -3.66. The Balaban J connectivity index is 1.63. The van der Waals surface area contributed by atoms with Crippen LogP contribution in [-0.2, 0) is 27.8 Å². The number of nitrogens with one attached hydrogen (secondary N) is 2. The second-order valence-corrected chi connectivity index (χ2v) is 8.88. The number of nitriles is 1. The molecule has 0 saturated carbocycles. The number of aliphatic hydroxyl groups is 1. The van der Waals surface area contributed by atoms with Crippen molar-refractivity contribution in [2.24, 2.45) is 0 Å². The van der Waals surface area contributed by atoms with Crippen LogP contribution in [0, 0.1) is 11.3 Å². The molecule has 0 saturated heterocycles. The Labute approximate surface area is 187 Å². The van der Waals surface area contributed by atoms with Crippen molar-refractivity contribution in [1.29, 1.82) is 5.26 Å². The van der Waals surface area contributed by atoms with Crippen molar-refractivity contribution in [2.45, 2.75) is 17.9 Å². The number of aliphatic hydroxyl groups excluding tert-OH is 1. The van der Waals surface area contributed by atoms with Gasteiger partial charge < -0.3 is 10.4 Å². The molecular formula is C24H23N3O4S. The Hall–Kier alpha value is -3.51. The lowest BCUT2D eigenvalue weighted by molar-refractivity contribution is -0.120. The van der Waals surface area contributed by atoms with Gasteiger partial charge >= 0.3 is 0 Å². The van der Waals surface area contributed by atoms with E-state index in [1.165, 1.54) is 12.1 Å². The minimum absolute atomic E-state index is 0.0423. The van der Waals surface area contributed by atoms with Crippen LogP contribution in [0.4, 0.5) is 0 Å². The number of amides is 1. The molecule has 0 aliphatic heterocycles. The zero-order valence-corrected chi connectivity index (χ0v) is 18.1. The van der Waals surface area contributed by atoms with Gasteiger partial charge in [0.1, 0.15) is 0 Å². The molecule has 0 bridgehead atoms. The maximum absolute atomic E-state index is 12.3. The molecule has 0 aliphatic carbocycles. The van der Waals surface area contributed by atoms with Gasteiger partial charge in [-0.1, -0.05) is 48.5 Å². The fraction of sp³-hybridized carbons (Fsp3) is 0.167. The van der Waals surface area contributed by atoms with Gasteiger partial charge in [-0.05, 0) is 46.5 Å². The third kappa shape index (κ3) is 6.25. The van der Waals surface area contributed by atoms with E-state index in [2.05, 4.69) is 16.1 Å². The molecular weight excluding hydrogens is 426 g/mol. The minimum atomic E-state index is -3.66. The van der Waals surface area contributed by atoms with E-state index in [0.29, 0.717) is 12.1 Å². The van der Waals surface area contributed by atoms with Gasteiger partial charge in [0.25, 0.3) is 0 Å². The topological polar surface area (TPSA) is 119 Å². The first-order chi connectivity index (χ1) is 15.4. The van der Waals surface area contributed by atoms with Crippen LogP contribution in [0.5, 0.6) is 0 Å². The molecule has 0 unspecified atom stereocenters. The first kappa shape index (κ1) is 23.2. The first-order valence-electron chi connectivity index (χ1n) is 9.97. The molecule has 0 radical (unpaired) electrons. The van der Waals surface area contributed by atoms with E-state index < -0.39 is 10.0 Å². The summed E-state index contributed by atoms with van der Waals surface area (Å²) in [4.78, 5) is 12.5. The highest BCUT2D eigenvalue weighted by Crippen LogP contribution is 2.22. The smallest absolute Gasteiger partial charge is 0.240 e. The maximum atomic E-state index is 12.3. The Morgan fingerprint density at radius 3 is 2.31 bits per heavy atom. The lowest BCUT2D eigenvalue weighted by Crippen LogP contribution is -2.26. The van der Waals surface area contributed by atoms with Crippen LogP contribution >= 0.6 is 0 Å². The van der Waals surface area contributed by atoms with Crippen LogP contribution in [-0.4, -0.2) is 32.6 Å². The van der Waals surface area contributed by atoms with E-state index in [4.69, 9.17) is 10.4 Å². The van der Waals surface area contributed by atoms with Crippen LogP contribution in [0.2, 0.25) is 0 Å². The van der Waals surface area contributed by atoms with Gasteiger partial charge in [-0.2, -0.15) is 5.26 Å². The fourth-order valence-electron chi connectivity index (χ4n) is 3.10. The standard InChI is InChI=1S/C24H23N3O4S/c25-16-18-4-6-19(7-5-18)17-26-24(29)15-20-2-1-3-22(14-20)21-8-10-23(11-9-21)32(30,31)27-12-13-28/h1-11,14,27-28H,12-13,15,17H2,(H,26,29). The maximum Gasteiger partial charge on any atom is 0.240 e. The third-order valence-corrected chi connectivity index (χ3v) is 6.24. The Bertz CT molecular complexity index is 1220. The molecule has 3 N–H and O–H groups in total. The lowest BCUT2D eigenvalue weighted by atomic mass is 10.0. The number of sulfonamides is 1. The summed E-state index contributed by atoms with van der Waals surface area (Å²) in [5.41, 5.74) is 4.01. The highest BCUT2D eigenvalue weighted by atomic mass is 32.2. The summed E-state index contributed by atoms with van der Waals surface area (Å²) in [6.07, 6.45) is 0.210. The summed E-state index contributed by atoms with van der Waals surface area (Å²) in [5.74, 6) is -0.122. The van der Waals surface area contributed by atoms with Crippen LogP contribution in [0.15, 0.2) is 77.7 Å². The van der Waals surface area contributed by atoms with E-state index in [-0.39, 0.29) is 30.4 Å². The fourth-order valence-corrected chi connectivity index (χ4v) is 4.12. The van der Waals surface area contributed by atoms with E-state index in [1.54, 1.807) is 24.3 Å². The molecule has 0 atom stereocenters. The molecule has 0 fully saturated rings. The Morgan fingerprint density at radius 1 is 0.938 bits per heavy atom. The number of nitrogens with zero attached hydrogens (tertiary/aromatic N) is 1. The number of rotatable bonds is 9. The number of hydrogen-bond donors (Lipinski definition) is 3. The van der Waals surface area contributed by atoms with Crippen LogP contribution in [0.25, 0.3) is 11.1 Å². The molecule has 3 rings (SSSR count). The zero-order valence-electron chi connectivity index (χ0n) is 17.3. The SMILES string of the molecule is N#Cc1ccc(CNC(=O)Cc2cccc(-c3ccc(S(=O)(=O)NCCO)cc3)c2)cc1. The largest absolute Gasteiger partial charge is 0.395 e. The van der Waals surface area contributed by atoms with Gasteiger partial charge in [-0.25, -0.2) is 13.1 Å². The van der Waals surface area contributed by atoms with Crippen LogP contribution < -0.4 is 10.0 Å². The molecule has 7 nitrogen and oxygen atoms in total. The average molecular weight is 450 g/mol. The molecule has 32 heavy (non-hydrogen) atoms. The predicted octanol–water partition coefficient (Wildman–Crippen LogP) is 2.35. The van der Waals surface area contributed by atoms with Gasteiger partial charge in [-0.3, -0.25) is 4.79 Å². The Morgan fingerprint density at radius 2 is 1.66 bits per heavy atom. The van der Waals surface area contributed by atoms with E-state index in [9.17, 15) is 13.2 Å². The van der Waals surface area contributed by atoms with Gasteiger partial charge in [-0.15, -0.1) is 0 Å². The Kier molecular flexibility index (Phi) is 7.73. The van der Waals surface area contributed by atoms with Gasteiger partial charge in [0.2, 0.25) is 15.9 Å². The predicted molar refractivity (Wildman–Crippen MR) is 121 cm³/mol. The molecule has 1 amide bonds. The molecule has 3 aromatic rings. The number of carbonyl (C=O) groups excluding carboxylic acids is 1. The van der Waals surface area contributed by atoms with Crippen molar-refractivity contribution in [1.82, 2.24) is 10.0 Å². The molecule has 0 aliphatic rings. The lowest BCUT2D eigenvalue weighted by Gasteiger charge is -2.09. The summed E-state index contributed by atoms with van der Waals surface area (Å²) in [6, 6.07) is 23.0. The molecule has 3 aromatic carbocycles. The minimum Gasteiger partial charge on any atom is -0.395 e. The van der Waals surface area contributed by atoms with Crippen molar-refractivity contribution in [2.75, 3.05) is 13.2 Å². The second kappa shape index (κ2) is 10.7. The molecule has 8 heteroatoms. The number of hydrogen-bond acceptors (Lipinski definition) is 5. The zero-order chi connectivity index (χ0) is 23.0. The quantitative estimate of drug-likeness (QED) is 0.463. The van der Waals surface area contributed by atoms with E-state index >= 15 is 0 Å². The van der Waals surface area contributed by atoms with Crippen molar-refractivity contribution in [3.05, 3.63) is 89.5 Å². The van der Waals surface area contributed by atoms with Crippen molar-refractivity contribution in [3.63, 3.8) is 0 Å². The van der Waals surface area contributed by atoms with Crippen LogP contribution in [0.3, 0.4) is 0 Å². The van der Waals surface area contributed by atoms with Crippen molar-refractivity contribution < 1.29 is 18.3 Å². The first-order valence-corrected chi connectivity index (χ1v) is 11.5. The molecule has 0 spiro atoms.